The number of hydrogen-bond donors (Lipinski definition) is 1. The van der Waals surface area contributed by atoms with E-state index >= 15 is 0 Å². The Balaban J connectivity index is 2.03. The number of carboxylic acid groups (broad SMARTS) is 1. The summed E-state index contributed by atoms with van der Waals surface area (Å²) in [6, 6.07) is 0. The summed E-state index contributed by atoms with van der Waals surface area (Å²) in [6.45, 7) is 2.22. The van der Waals surface area contributed by atoms with Crippen LogP contribution in [0.25, 0.3) is 0 Å². The second-order valence-electron chi connectivity index (χ2n) is 5.13. The third-order valence-corrected chi connectivity index (χ3v) is 3.66. The molecule has 4 nitrogen and oxygen atoms in total. The van der Waals surface area contributed by atoms with Crippen LogP contribution < -0.4 is 0 Å². The molecule has 1 aliphatic carbocycles. The van der Waals surface area contributed by atoms with Gasteiger partial charge in [0.05, 0.1) is 12.6 Å². The number of rotatable bonds is 4. The number of aromatic nitrogens is 1. The molecule has 4 heteroatoms. The molecule has 0 unspecified atom stereocenters. The SMILES string of the molecule is CC1(c2cnc(CCC(=O)O)o2)CCCCC1. The first-order valence-corrected chi connectivity index (χ1v) is 6.27. The van der Waals surface area contributed by atoms with Crippen molar-refractivity contribution in [3.63, 3.8) is 0 Å². The normalized spacial score (nSPS) is 19.1. The van der Waals surface area contributed by atoms with Gasteiger partial charge in [-0.1, -0.05) is 26.2 Å². The quantitative estimate of drug-likeness (QED) is 0.874. The summed E-state index contributed by atoms with van der Waals surface area (Å²) in [4.78, 5) is 14.7. The number of carbonyl (C=O) groups is 1. The minimum Gasteiger partial charge on any atom is -0.481 e. The van der Waals surface area contributed by atoms with Crippen LogP contribution in [0.5, 0.6) is 0 Å². The summed E-state index contributed by atoms with van der Waals surface area (Å²) < 4.78 is 5.70. The first-order valence-electron chi connectivity index (χ1n) is 6.27. The summed E-state index contributed by atoms with van der Waals surface area (Å²) in [5.41, 5.74) is 0.104. The van der Waals surface area contributed by atoms with Crippen LogP contribution >= 0.6 is 0 Å². The molecule has 17 heavy (non-hydrogen) atoms. The minimum atomic E-state index is -0.811. The molecule has 1 heterocycles. The highest BCUT2D eigenvalue weighted by Crippen LogP contribution is 2.39. The Labute approximate surface area is 101 Å². The molecule has 1 saturated carbocycles. The van der Waals surface area contributed by atoms with Crippen LogP contribution in [0, 0.1) is 0 Å². The first-order chi connectivity index (χ1) is 8.10. The zero-order chi connectivity index (χ0) is 12.3. The van der Waals surface area contributed by atoms with Gasteiger partial charge in [-0.3, -0.25) is 4.79 Å². The molecule has 0 aromatic carbocycles. The molecule has 0 bridgehead atoms. The van der Waals surface area contributed by atoms with E-state index in [0.717, 1.165) is 18.6 Å². The van der Waals surface area contributed by atoms with Gasteiger partial charge < -0.3 is 9.52 Å². The second kappa shape index (κ2) is 4.90. The van der Waals surface area contributed by atoms with Crippen LogP contribution in [0.1, 0.15) is 57.1 Å². The van der Waals surface area contributed by atoms with Crippen LogP contribution in [-0.4, -0.2) is 16.1 Å². The highest BCUT2D eigenvalue weighted by Gasteiger charge is 2.32. The fourth-order valence-corrected chi connectivity index (χ4v) is 2.50. The molecular formula is C13H19NO3. The maximum Gasteiger partial charge on any atom is 0.303 e. The lowest BCUT2D eigenvalue weighted by Gasteiger charge is -2.30. The van der Waals surface area contributed by atoms with E-state index < -0.39 is 5.97 Å². The molecule has 1 fully saturated rings. The molecule has 1 aromatic heterocycles. The van der Waals surface area contributed by atoms with Gasteiger partial charge in [0, 0.05) is 11.8 Å². The van der Waals surface area contributed by atoms with E-state index in [4.69, 9.17) is 9.52 Å². The van der Waals surface area contributed by atoms with Crippen molar-refractivity contribution in [2.75, 3.05) is 0 Å². The van der Waals surface area contributed by atoms with Gasteiger partial charge in [0.1, 0.15) is 5.76 Å². The van der Waals surface area contributed by atoms with Crippen molar-refractivity contribution < 1.29 is 14.3 Å². The molecule has 2 rings (SSSR count). The van der Waals surface area contributed by atoms with E-state index in [1.165, 1.54) is 19.3 Å². The van der Waals surface area contributed by atoms with Crippen molar-refractivity contribution in [3.8, 4) is 0 Å². The number of carboxylic acids is 1. The van der Waals surface area contributed by atoms with Crippen LogP contribution in [-0.2, 0) is 16.6 Å². The van der Waals surface area contributed by atoms with Gasteiger partial charge in [-0.2, -0.15) is 0 Å². The van der Waals surface area contributed by atoms with Crippen molar-refractivity contribution in [2.45, 2.75) is 57.3 Å². The Morgan fingerprint density at radius 1 is 1.47 bits per heavy atom. The summed E-state index contributed by atoms with van der Waals surface area (Å²) in [6.07, 6.45) is 8.30. The van der Waals surface area contributed by atoms with Crippen molar-refractivity contribution in [3.05, 3.63) is 17.8 Å². The van der Waals surface area contributed by atoms with E-state index in [2.05, 4.69) is 11.9 Å². The number of aryl methyl sites for hydroxylation is 1. The Kier molecular flexibility index (Phi) is 3.50. The molecule has 0 atom stereocenters. The maximum atomic E-state index is 10.5. The van der Waals surface area contributed by atoms with Gasteiger partial charge >= 0.3 is 5.97 Å². The van der Waals surface area contributed by atoms with Crippen LogP contribution in [0.4, 0.5) is 0 Å². The molecule has 0 aliphatic heterocycles. The topological polar surface area (TPSA) is 63.3 Å². The molecule has 1 aromatic rings. The lowest BCUT2D eigenvalue weighted by molar-refractivity contribution is -0.137. The molecule has 0 spiro atoms. The van der Waals surface area contributed by atoms with Gasteiger partial charge in [-0.05, 0) is 12.8 Å². The standard InChI is InChI=1S/C13H19NO3/c1-13(7-3-2-4-8-13)10-9-14-11(17-10)5-6-12(15)16/h9H,2-8H2,1H3,(H,15,16). The van der Waals surface area contributed by atoms with Crippen LogP contribution in [0.3, 0.4) is 0 Å². The molecule has 1 aliphatic rings. The Hall–Kier alpha value is -1.32. The van der Waals surface area contributed by atoms with Crippen molar-refractivity contribution in [1.82, 2.24) is 4.98 Å². The Bertz CT molecular complexity index is 391. The number of hydrogen-bond acceptors (Lipinski definition) is 3. The van der Waals surface area contributed by atoms with Gasteiger partial charge in [-0.15, -0.1) is 0 Å². The fourth-order valence-electron chi connectivity index (χ4n) is 2.50. The molecule has 1 N–H and O–H groups in total. The predicted octanol–water partition coefficient (Wildman–Crippen LogP) is 2.91. The number of oxazole rings is 1. The maximum absolute atomic E-state index is 10.5. The summed E-state index contributed by atoms with van der Waals surface area (Å²) >= 11 is 0. The van der Waals surface area contributed by atoms with Gasteiger partial charge in [0.15, 0.2) is 5.89 Å². The summed E-state index contributed by atoms with van der Waals surface area (Å²) in [7, 11) is 0. The third kappa shape index (κ3) is 2.87. The van der Waals surface area contributed by atoms with Crippen LogP contribution in [0.15, 0.2) is 10.6 Å². The lowest BCUT2D eigenvalue weighted by Crippen LogP contribution is -2.24. The molecule has 0 radical (unpaired) electrons. The summed E-state index contributed by atoms with van der Waals surface area (Å²) in [5.74, 6) is 0.667. The lowest BCUT2D eigenvalue weighted by atomic mass is 9.74. The van der Waals surface area contributed by atoms with E-state index in [0.29, 0.717) is 12.3 Å². The predicted molar refractivity (Wildman–Crippen MR) is 62.9 cm³/mol. The first kappa shape index (κ1) is 12.1. The van der Waals surface area contributed by atoms with E-state index in [-0.39, 0.29) is 11.8 Å². The second-order valence-corrected chi connectivity index (χ2v) is 5.13. The van der Waals surface area contributed by atoms with Crippen molar-refractivity contribution in [2.24, 2.45) is 0 Å². The monoisotopic (exact) mass is 237 g/mol. The highest BCUT2D eigenvalue weighted by atomic mass is 16.4. The highest BCUT2D eigenvalue weighted by molar-refractivity contribution is 5.66. The van der Waals surface area contributed by atoms with E-state index in [1.807, 2.05) is 0 Å². The molecule has 0 saturated heterocycles. The third-order valence-electron chi connectivity index (χ3n) is 3.66. The smallest absolute Gasteiger partial charge is 0.303 e. The number of aliphatic carboxylic acids is 1. The van der Waals surface area contributed by atoms with Crippen molar-refractivity contribution in [1.29, 1.82) is 0 Å². The van der Waals surface area contributed by atoms with E-state index in [9.17, 15) is 4.79 Å². The average Bonchev–Trinajstić information content (AvgIpc) is 2.76. The molecule has 94 valence electrons. The van der Waals surface area contributed by atoms with Gasteiger partial charge in [0.2, 0.25) is 0 Å². The zero-order valence-electron chi connectivity index (χ0n) is 10.2. The zero-order valence-corrected chi connectivity index (χ0v) is 10.2. The largest absolute Gasteiger partial charge is 0.481 e. The minimum absolute atomic E-state index is 0.0800. The van der Waals surface area contributed by atoms with Crippen LogP contribution in [0.2, 0.25) is 0 Å². The van der Waals surface area contributed by atoms with Crippen molar-refractivity contribution >= 4 is 5.97 Å². The Morgan fingerprint density at radius 2 is 2.18 bits per heavy atom. The van der Waals surface area contributed by atoms with E-state index in [1.54, 1.807) is 6.20 Å². The van der Waals surface area contributed by atoms with Gasteiger partial charge in [-0.25, -0.2) is 4.98 Å². The number of nitrogens with zero attached hydrogens (tertiary/aromatic N) is 1. The van der Waals surface area contributed by atoms with Gasteiger partial charge in [0.25, 0.3) is 0 Å². The summed E-state index contributed by atoms with van der Waals surface area (Å²) in [5, 5.41) is 8.61. The fraction of sp³-hybridized carbons (Fsp3) is 0.692. The molecular weight excluding hydrogens is 218 g/mol. The molecule has 0 amide bonds. The Morgan fingerprint density at radius 3 is 2.82 bits per heavy atom. The average molecular weight is 237 g/mol.